The maximum Gasteiger partial charge on any atom is 0.246 e. The number of nitrogens with one attached hydrogen (secondary N) is 1. The highest BCUT2D eigenvalue weighted by atomic mass is 16.2. The van der Waals surface area contributed by atoms with E-state index in [9.17, 15) is 9.59 Å². The molecule has 4 rings (SSSR count). The first kappa shape index (κ1) is 16.6. The number of fused-ring (bicyclic) bond motifs is 1. The van der Waals surface area contributed by atoms with Crippen LogP contribution in [0.25, 0.3) is 16.6 Å². The first-order valence-electron chi connectivity index (χ1n) is 8.22. The molecule has 1 N–H and O–H groups in total. The van der Waals surface area contributed by atoms with Gasteiger partial charge in [0.15, 0.2) is 5.82 Å². The van der Waals surface area contributed by atoms with Gasteiger partial charge in [0.25, 0.3) is 0 Å². The number of nitrogens with zero attached hydrogens (tertiary/aromatic N) is 6. The Bertz CT molecular complexity index is 1200. The van der Waals surface area contributed by atoms with Crippen LogP contribution in [-0.2, 0) is 11.3 Å². The van der Waals surface area contributed by atoms with Crippen LogP contribution < -0.4 is 10.7 Å². The van der Waals surface area contributed by atoms with Crippen molar-refractivity contribution in [2.75, 3.05) is 5.32 Å². The first-order chi connectivity index (χ1) is 13.1. The molecule has 0 spiro atoms. The molecule has 2 aromatic carbocycles. The smallest absolute Gasteiger partial charge is 0.246 e. The van der Waals surface area contributed by atoms with E-state index in [0.29, 0.717) is 22.4 Å². The highest BCUT2D eigenvalue weighted by molar-refractivity contribution is 5.91. The van der Waals surface area contributed by atoms with Gasteiger partial charge in [0.1, 0.15) is 6.54 Å². The van der Waals surface area contributed by atoms with Crippen LogP contribution in [0.1, 0.15) is 5.82 Å². The van der Waals surface area contributed by atoms with Crippen molar-refractivity contribution in [2.24, 2.45) is 0 Å². The number of aryl methyl sites for hydroxylation is 1. The lowest BCUT2D eigenvalue weighted by Crippen LogP contribution is -2.22. The van der Waals surface area contributed by atoms with Gasteiger partial charge >= 0.3 is 0 Å². The summed E-state index contributed by atoms with van der Waals surface area (Å²) in [4.78, 5) is 24.4. The van der Waals surface area contributed by atoms with Gasteiger partial charge < -0.3 is 5.32 Å². The molecule has 0 unspecified atom stereocenters. The van der Waals surface area contributed by atoms with Crippen molar-refractivity contribution in [1.82, 2.24) is 30.0 Å². The van der Waals surface area contributed by atoms with Crippen molar-refractivity contribution in [3.63, 3.8) is 0 Å². The fourth-order valence-electron chi connectivity index (χ4n) is 2.81. The van der Waals surface area contributed by atoms with E-state index in [0.717, 1.165) is 5.69 Å². The van der Waals surface area contributed by atoms with Crippen LogP contribution in [-0.4, -0.2) is 35.9 Å². The van der Waals surface area contributed by atoms with E-state index in [1.54, 1.807) is 54.1 Å². The molecule has 0 radical (unpaired) electrons. The maximum absolute atomic E-state index is 12.5. The SMILES string of the molecule is Cc1nnnn1-c1cccc(NC(=O)Cn2ncc(=O)c3ccccc32)c1. The molecule has 0 bridgehead atoms. The molecule has 0 saturated heterocycles. The Morgan fingerprint density at radius 1 is 1.15 bits per heavy atom. The zero-order chi connectivity index (χ0) is 18.8. The van der Waals surface area contributed by atoms with Gasteiger partial charge in [-0.15, -0.1) is 5.10 Å². The van der Waals surface area contributed by atoms with Crippen LogP contribution in [0.3, 0.4) is 0 Å². The molecule has 2 aromatic heterocycles. The van der Waals surface area contributed by atoms with Crippen molar-refractivity contribution in [1.29, 1.82) is 0 Å². The van der Waals surface area contributed by atoms with E-state index in [2.05, 4.69) is 25.9 Å². The lowest BCUT2D eigenvalue weighted by atomic mass is 10.2. The second-order valence-electron chi connectivity index (χ2n) is 5.92. The molecule has 27 heavy (non-hydrogen) atoms. The molecule has 0 aliphatic rings. The molecule has 4 aromatic rings. The lowest BCUT2D eigenvalue weighted by molar-refractivity contribution is -0.116. The van der Waals surface area contributed by atoms with Crippen molar-refractivity contribution < 1.29 is 4.79 Å². The third-order valence-corrected chi connectivity index (χ3v) is 4.06. The van der Waals surface area contributed by atoms with E-state index < -0.39 is 0 Å². The van der Waals surface area contributed by atoms with Crippen LogP contribution in [0, 0.1) is 6.92 Å². The van der Waals surface area contributed by atoms with Crippen LogP contribution in [0.5, 0.6) is 0 Å². The number of hydrogen-bond donors (Lipinski definition) is 1. The summed E-state index contributed by atoms with van der Waals surface area (Å²) in [6, 6.07) is 14.3. The Balaban J connectivity index is 1.57. The molecule has 1 amide bonds. The Morgan fingerprint density at radius 2 is 2.00 bits per heavy atom. The molecule has 0 saturated carbocycles. The van der Waals surface area contributed by atoms with Gasteiger partial charge in [-0.1, -0.05) is 18.2 Å². The van der Waals surface area contributed by atoms with Gasteiger partial charge in [0, 0.05) is 11.1 Å². The van der Waals surface area contributed by atoms with Gasteiger partial charge in [0.2, 0.25) is 11.3 Å². The van der Waals surface area contributed by atoms with E-state index in [1.807, 2.05) is 6.07 Å². The van der Waals surface area contributed by atoms with E-state index >= 15 is 0 Å². The summed E-state index contributed by atoms with van der Waals surface area (Å²) >= 11 is 0. The number of aromatic nitrogens is 6. The van der Waals surface area contributed by atoms with Crippen molar-refractivity contribution in [2.45, 2.75) is 13.5 Å². The molecule has 0 aliphatic heterocycles. The number of benzene rings is 2. The summed E-state index contributed by atoms with van der Waals surface area (Å²) in [7, 11) is 0. The number of amides is 1. The molecule has 134 valence electrons. The highest BCUT2D eigenvalue weighted by Gasteiger charge is 2.10. The largest absolute Gasteiger partial charge is 0.324 e. The van der Waals surface area contributed by atoms with Crippen LogP contribution in [0.15, 0.2) is 59.5 Å². The van der Waals surface area contributed by atoms with Gasteiger partial charge in [-0.3, -0.25) is 14.3 Å². The van der Waals surface area contributed by atoms with E-state index in [-0.39, 0.29) is 17.9 Å². The van der Waals surface area contributed by atoms with Crippen molar-refractivity contribution in [3.05, 3.63) is 70.8 Å². The topological polar surface area (TPSA) is 108 Å². The average Bonchev–Trinajstić information content (AvgIpc) is 3.10. The van der Waals surface area contributed by atoms with E-state index in [4.69, 9.17) is 0 Å². The first-order valence-corrected chi connectivity index (χ1v) is 8.22. The maximum atomic E-state index is 12.5. The number of para-hydroxylation sites is 1. The van der Waals surface area contributed by atoms with Crippen LogP contribution in [0.2, 0.25) is 0 Å². The average molecular weight is 361 g/mol. The molecule has 0 atom stereocenters. The minimum Gasteiger partial charge on any atom is -0.324 e. The molecule has 0 fully saturated rings. The summed E-state index contributed by atoms with van der Waals surface area (Å²) in [6.07, 6.45) is 1.22. The summed E-state index contributed by atoms with van der Waals surface area (Å²) in [5, 5.41) is 18.8. The Labute approximate surface area is 153 Å². The second-order valence-corrected chi connectivity index (χ2v) is 5.92. The molecular formula is C18H15N7O2. The normalized spacial score (nSPS) is 10.9. The molecular weight excluding hydrogens is 346 g/mol. The molecule has 2 heterocycles. The number of hydrogen-bond acceptors (Lipinski definition) is 6. The number of rotatable bonds is 4. The summed E-state index contributed by atoms with van der Waals surface area (Å²) in [5.41, 5.74) is 1.78. The number of tetrazole rings is 1. The summed E-state index contributed by atoms with van der Waals surface area (Å²) < 4.78 is 3.08. The predicted octanol–water partition coefficient (Wildman–Crippen LogP) is 1.32. The van der Waals surface area contributed by atoms with Gasteiger partial charge in [-0.25, -0.2) is 0 Å². The van der Waals surface area contributed by atoms with Crippen molar-refractivity contribution in [3.8, 4) is 5.69 Å². The summed E-state index contributed by atoms with van der Waals surface area (Å²) in [5.74, 6) is 0.379. The Hall–Kier alpha value is -3.88. The number of carbonyl (C=O) groups is 1. The third-order valence-electron chi connectivity index (χ3n) is 4.06. The van der Waals surface area contributed by atoms with Crippen LogP contribution in [0.4, 0.5) is 5.69 Å². The monoisotopic (exact) mass is 361 g/mol. The number of carbonyl (C=O) groups excluding carboxylic acids is 1. The van der Waals surface area contributed by atoms with Gasteiger partial charge in [0.05, 0.1) is 17.4 Å². The lowest BCUT2D eigenvalue weighted by Gasteiger charge is -2.10. The Kier molecular flexibility index (Phi) is 4.17. The van der Waals surface area contributed by atoms with Gasteiger partial charge in [-0.2, -0.15) is 9.78 Å². The minimum atomic E-state index is -0.262. The molecule has 9 heteroatoms. The fourth-order valence-corrected chi connectivity index (χ4v) is 2.81. The quantitative estimate of drug-likeness (QED) is 0.587. The fraction of sp³-hybridized carbons (Fsp3) is 0.111. The minimum absolute atomic E-state index is 0.0189. The molecule has 9 nitrogen and oxygen atoms in total. The zero-order valence-corrected chi connectivity index (χ0v) is 14.4. The Morgan fingerprint density at radius 3 is 2.81 bits per heavy atom. The van der Waals surface area contributed by atoms with Gasteiger partial charge in [-0.05, 0) is 47.7 Å². The predicted molar refractivity (Wildman–Crippen MR) is 98.5 cm³/mol. The second kappa shape index (κ2) is 6.79. The zero-order valence-electron chi connectivity index (χ0n) is 14.4. The van der Waals surface area contributed by atoms with E-state index in [1.165, 1.54) is 10.9 Å². The molecule has 0 aliphatic carbocycles. The standard InChI is InChI=1S/C18H15N7O2/c1-12-21-22-23-25(12)14-6-4-5-13(9-14)20-18(27)11-24-16-8-3-2-7-15(16)17(26)10-19-24/h2-10H,11H2,1H3,(H,20,27). The summed E-state index contributed by atoms with van der Waals surface area (Å²) in [6.45, 7) is 1.77. The highest BCUT2D eigenvalue weighted by Crippen LogP contribution is 2.15. The third kappa shape index (κ3) is 3.30. The van der Waals surface area contributed by atoms with Crippen molar-refractivity contribution >= 4 is 22.5 Å². The number of anilines is 1. The van der Waals surface area contributed by atoms with Crippen LogP contribution >= 0.6 is 0 Å².